The van der Waals surface area contributed by atoms with Crippen molar-refractivity contribution in [1.82, 2.24) is 10.2 Å². The van der Waals surface area contributed by atoms with E-state index in [2.05, 4.69) is 10.3 Å². The number of fused-ring (bicyclic) bond motifs is 1. The summed E-state index contributed by atoms with van der Waals surface area (Å²) in [7, 11) is 0. The number of urea groups is 1. The molecule has 1 aromatic rings. The van der Waals surface area contributed by atoms with Gasteiger partial charge in [-0.05, 0) is 30.5 Å². The molecule has 0 saturated heterocycles. The highest BCUT2D eigenvalue weighted by molar-refractivity contribution is 6.31. The molecule has 0 radical (unpaired) electrons. The average Bonchev–Trinajstić information content (AvgIpc) is 2.66. The van der Waals surface area contributed by atoms with E-state index in [9.17, 15) is 14.4 Å². The van der Waals surface area contributed by atoms with E-state index in [0.29, 0.717) is 36.5 Å². The average molecular weight is 386 g/mol. The number of imide groups is 1. The number of nitrogens with zero attached hydrogens (tertiary/aromatic N) is 2. The molecule has 1 aromatic carbocycles. The van der Waals surface area contributed by atoms with Crippen molar-refractivity contribution in [3.8, 4) is 0 Å². The minimum atomic E-state index is -0.533. The highest BCUT2D eigenvalue weighted by Gasteiger charge is 2.35. The van der Waals surface area contributed by atoms with Crippen molar-refractivity contribution in [2.45, 2.75) is 25.8 Å². The predicted molar refractivity (Wildman–Crippen MR) is 103 cm³/mol. The lowest BCUT2D eigenvalue weighted by molar-refractivity contribution is -0.129. The van der Waals surface area contributed by atoms with Crippen molar-refractivity contribution >= 4 is 35.2 Å². The van der Waals surface area contributed by atoms with Crippen LogP contribution in [0.5, 0.6) is 0 Å². The van der Waals surface area contributed by atoms with E-state index in [-0.39, 0.29) is 18.4 Å². The fourth-order valence-electron chi connectivity index (χ4n) is 2.97. The van der Waals surface area contributed by atoms with Gasteiger partial charge in [0.2, 0.25) is 11.8 Å². The standard InChI is InChI=1S/C20H20ClN3O3/c21-16-9-3-1-7-14(16)13-22-18(25)11-5-6-12-24-19(26)15-8-2-4-10-17(15)23-20(24)27/h1-4,7-10,15H,5-6,11-13H2,(H,22,25). The maximum Gasteiger partial charge on any atom is 0.350 e. The number of hydrogen-bond acceptors (Lipinski definition) is 3. The second-order valence-corrected chi connectivity index (χ2v) is 6.76. The van der Waals surface area contributed by atoms with Crippen LogP contribution in [-0.2, 0) is 16.1 Å². The van der Waals surface area contributed by atoms with Gasteiger partial charge in [-0.25, -0.2) is 4.79 Å². The lowest BCUT2D eigenvalue weighted by atomic mass is 9.95. The summed E-state index contributed by atoms with van der Waals surface area (Å²) in [6.45, 7) is 0.640. The van der Waals surface area contributed by atoms with Crippen molar-refractivity contribution in [3.63, 3.8) is 0 Å². The molecule has 1 unspecified atom stereocenters. The number of rotatable bonds is 7. The Morgan fingerprint density at radius 3 is 2.81 bits per heavy atom. The molecule has 1 N–H and O–H groups in total. The third-order valence-electron chi connectivity index (χ3n) is 4.46. The summed E-state index contributed by atoms with van der Waals surface area (Å²) in [5.41, 5.74) is 1.35. The Balaban J connectivity index is 1.41. The first kappa shape index (κ1) is 19.0. The zero-order valence-electron chi connectivity index (χ0n) is 14.7. The quantitative estimate of drug-likeness (QED) is 0.731. The molecule has 1 aliphatic heterocycles. The van der Waals surface area contributed by atoms with Gasteiger partial charge in [0, 0.05) is 24.5 Å². The van der Waals surface area contributed by atoms with E-state index in [0.717, 1.165) is 5.56 Å². The Bertz CT molecular complexity index is 845. The van der Waals surface area contributed by atoms with Gasteiger partial charge in [-0.1, -0.05) is 48.0 Å². The molecule has 0 fully saturated rings. The normalized spacial score (nSPS) is 18.3. The number of benzene rings is 1. The topological polar surface area (TPSA) is 78.8 Å². The van der Waals surface area contributed by atoms with Crippen LogP contribution in [0, 0.1) is 5.92 Å². The fourth-order valence-corrected chi connectivity index (χ4v) is 3.17. The molecule has 140 valence electrons. The number of halogens is 1. The van der Waals surface area contributed by atoms with Crippen molar-refractivity contribution in [2.24, 2.45) is 10.9 Å². The van der Waals surface area contributed by atoms with Crippen LogP contribution >= 0.6 is 11.6 Å². The Morgan fingerprint density at radius 1 is 1.19 bits per heavy atom. The van der Waals surface area contributed by atoms with Crippen LogP contribution in [0.2, 0.25) is 5.02 Å². The number of unbranched alkanes of at least 4 members (excludes halogenated alkanes) is 1. The summed E-state index contributed by atoms with van der Waals surface area (Å²) < 4.78 is 0. The van der Waals surface area contributed by atoms with E-state index in [1.54, 1.807) is 30.4 Å². The summed E-state index contributed by atoms with van der Waals surface area (Å²) in [5, 5.41) is 3.44. The van der Waals surface area contributed by atoms with Crippen molar-refractivity contribution < 1.29 is 14.4 Å². The number of hydrogen-bond donors (Lipinski definition) is 1. The molecule has 0 spiro atoms. The van der Waals surface area contributed by atoms with E-state index >= 15 is 0 Å². The van der Waals surface area contributed by atoms with Gasteiger partial charge < -0.3 is 5.32 Å². The molecule has 1 aliphatic carbocycles. The molecule has 0 saturated carbocycles. The van der Waals surface area contributed by atoms with Gasteiger partial charge in [0.1, 0.15) is 0 Å². The fraction of sp³-hybridized carbons (Fsp3) is 0.300. The minimum absolute atomic E-state index is 0.0909. The number of carbonyl (C=O) groups excluding carboxylic acids is 3. The highest BCUT2D eigenvalue weighted by atomic mass is 35.5. The molecule has 1 heterocycles. The minimum Gasteiger partial charge on any atom is -0.352 e. The van der Waals surface area contributed by atoms with Gasteiger partial charge >= 0.3 is 6.03 Å². The maximum atomic E-state index is 12.4. The van der Waals surface area contributed by atoms with Crippen LogP contribution in [0.15, 0.2) is 53.6 Å². The lowest BCUT2D eigenvalue weighted by Gasteiger charge is -2.28. The first-order valence-electron chi connectivity index (χ1n) is 8.85. The van der Waals surface area contributed by atoms with Crippen LogP contribution in [0.3, 0.4) is 0 Å². The first-order valence-corrected chi connectivity index (χ1v) is 9.23. The second-order valence-electron chi connectivity index (χ2n) is 6.36. The van der Waals surface area contributed by atoms with Crippen LogP contribution in [0.25, 0.3) is 0 Å². The van der Waals surface area contributed by atoms with E-state index < -0.39 is 11.9 Å². The Hall–Kier alpha value is -2.73. The van der Waals surface area contributed by atoms with E-state index in [4.69, 9.17) is 11.6 Å². The molecule has 4 amide bonds. The zero-order chi connectivity index (χ0) is 19.2. The molecular formula is C20H20ClN3O3. The van der Waals surface area contributed by atoms with Crippen LogP contribution in [-0.4, -0.2) is 35.0 Å². The molecule has 27 heavy (non-hydrogen) atoms. The Labute approximate surface area is 162 Å². The molecule has 1 atom stereocenters. The number of nitrogens with one attached hydrogen (secondary N) is 1. The van der Waals surface area contributed by atoms with Gasteiger partial charge in [0.05, 0.1) is 11.6 Å². The summed E-state index contributed by atoms with van der Waals surface area (Å²) in [5.74, 6) is -0.827. The van der Waals surface area contributed by atoms with Gasteiger partial charge in [-0.2, -0.15) is 4.99 Å². The smallest absolute Gasteiger partial charge is 0.350 e. The molecule has 2 aliphatic rings. The number of allylic oxidation sites excluding steroid dienone is 3. The third kappa shape index (κ3) is 4.71. The van der Waals surface area contributed by atoms with Crippen molar-refractivity contribution in [3.05, 3.63) is 59.2 Å². The van der Waals surface area contributed by atoms with E-state index in [1.807, 2.05) is 18.2 Å². The van der Waals surface area contributed by atoms with E-state index in [1.165, 1.54) is 4.90 Å². The Kier molecular flexibility index (Phi) is 6.19. The molecular weight excluding hydrogens is 366 g/mol. The van der Waals surface area contributed by atoms with Crippen LogP contribution in [0.1, 0.15) is 24.8 Å². The molecule has 0 aromatic heterocycles. The van der Waals surface area contributed by atoms with Crippen molar-refractivity contribution in [1.29, 1.82) is 0 Å². The van der Waals surface area contributed by atoms with Gasteiger partial charge in [0.25, 0.3) is 0 Å². The largest absolute Gasteiger partial charge is 0.352 e. The SMILES string of the molecule is O=C(CCCCN1C(=O)N=C2C=CC=CC2C1=O)NCc1ccccc1Cl. The van der Waals surface area contributed by atoms with Crippen LogP contribution < -0.4 is 5.32 Å². The third-order valence-corrected chi connectivity index (χ3v) is 4.83. The predicted octanol–water partition coefficient (Wildman–Crippen LogP) is 3.27. The maximum absolute atomic E-state index is 12.4. The molecule has 6 nitrogen and oxygen atoms in total. The van der Waals surface area contributed by atoms with Crippen LogP contribution in [0.4, 0.5) is 4.79 Å². The summed E-state index contributed by atoms with van der Waals surface area (Å²) in [6, 6.07) is 6.81. The van der Waals surface area contributed by atoms with Gasteiger partial charge in [-0.3, -0.25) is 14.5 Å². The lowest BCUT2D eigenvalue weighted by Crippen LogP contribution is -2.46. The summed E-state index contributed by atoms with van der Waals surface area (Å²) >= 11 is 6.06. The van der Waals surface area contributed by atoms with Gasteiger partial charge in [0.15, 0.2) is 0 Å². The number of amides is 4. The first-order chi connectivity index (χ1) is 13.1. The number of carbonyl (C=O) groups is 3. The summed E-state index contributed by atoms with van der Waals surface area (Å²) in [4.78, 5) is 41.6. The zero-order valence-corrected chi connectivity index (χ0v) is 15.5. The molecule has 3 rings (SSSR count). The Morgan fingerprint density at radius 2 is 2.00 bits per heavy atom. The highest BCUT2D eigenvalue weighted by Crippen LogP contribution is 2.20. The molecule has 7 heteroatoms. The number of aliphatic imine (C=N–C) groups is 1. The summed E-state index contributed by atoms with van der Waals surface area (Å²) in [6.07, 6.45) is 8.40. The van der Waals surface area contributed by atoms with Crippen molar-refractivity contribution in [2.75, 3.05) is 6.54 Å². The van der Waals surface area contributed by atoms with Gasteiger partial charge in [-0.15, -0.1) is 0 Å². The molecule has 0 bridgehead atoms. The monoisotopic (exact) mass is 385 g/mol. The second kappa shape index (κ2) is 8.77.